The topological polar surface area (TPSA) is 119 Å². The van der Waals surface area contributed by atoms with E-state index in [2.05, 4.69) is 24.8 Å². The Morgan fingerprint density at radius 3 is 2.56 bits per heavy atom. The number of imide groups is 1. The summed E-state index contributed by atoms with van der Waals surface area (Å²) in [5.74, 6) is 0.303. The van der Waals surface area contributed by atoms with Crippen molar-refractivity contribution in [2.45, 2.75) is 12.5 Å². The lowest BCUT2D eigenvalue weighted by Gasteiger charge is -2.36. The highest BCUT2D eigenvalue weighted by molar-refractivity contribution is 6.05. The minimum absolute atomic E-state index is 0.00368. The van der Waals surface area contributed by atoms with Crippen molar-refractivity contribution in [3.63, 3.8) is 0 Å². The van der Waals surface area contributed by atoms with Gasteiger partial charge in [0.15, 0.2) is 11.5 Å². The van der Waals surface area contributed by atoms with E-state index in [1.807, 2.05) is 0 Å². The molecule has 4 heterocycles. The summed E-state index contributed by atoms with van der Waals surface area (Å²) in [7, 11) is 2.98. The number of aromatic amines is 1. The molecule has 2 aliphatic rings. The summed E-state index contributed by atoms with van der Waals surface area (Å²) in [4.78, 5) is 58.4. The molecule has 0 spiro atoms. The van der Waals surface area contributed by atoms with E-state index in [0.29, 0.717) is 31.8 Å². The first-order valence-electron chi connectivity index (χ1n) is 8.68. The monoisotopic (exact) mass is 372 g/mol. The summed E-state index contributed by atoms with van der Waals surface area (Å²) in [6.07, 6.45) is 3.06. The van der Waals surface area contributed by atoms with Gasteiger partial charge in [0.2, 0.25) is 5.91 Å². The van der Waals surface area contributed by atoms with Crippen LogP contribution in [0.2, 0.25) is 0 Å². The summed E-state index contributed by atoms with van der Waals surface area (Å²) in [6, 6.07) is -1.10. The molecule has 2 aliphatic heterocycles. The fourth-order valence-electron chi connectivity index (χ4n) is 3.53. The van der Waals surface area contributed by atoms with Crippen LogP contribution in [0.1, 0.15) is 6.42 Å². The van der Waals surface area contributed by atoms with Crippen LogP contribution in [0.3, 0.4) is 0 Å². The normalized spacial score (nSPS) is 20.9. The Morgan fingerprint density at radius 1 is 1.15 bits per heavy atom. The third-order valence-corrected chi connectivity index (χ3v) is 5.17. The molecule has 0 aliphatic carbocycles. The van der Waals surface area contributed by atoms with Crippen molar-refractivity contribution in [1.82, 2.24) is 34.6 Å². The van der Waals surface area contributed by atoms with Gasteiger partial charge in [-0.1, -0.05) is 0 Å². The summed E-state index contributed by atoms with van der Waals surface area (Å²) in [5.41, 5.74) is 1.38. The average molecular weight is 372 g/mol. The molecular formula is C16H20N8O3. The number of hydrogen-bond acceptors (Lipinski definition) is 7. The maximum atomic E-state index is 12.6. The first-order valence-corrected chi connectivity index (χ1v) is 8.68. The average Bonchev–Trinajstić information content (AvgIpc) is 3.24. The Balaban J connectivity index is 1.39. The summed E-state index contributed by atoms with van der Waals surface area (Å²) in [6.45, 7) is 2.27. The van der Waals surface area contributed by atoms with Gasteiger partial charge in [0.05, 0.1) is 12.7 Å². The van der Waals surface area contributed by atoms with Crippen LogP contribution in [0.5, 0.6) is 0 Å². The van der Waals surface area contributed by atoms with Crippen molar-refractivity contribution in [3.05, 3.63) is 12.7 Å². The highest BCUT2D eigenvalue weighted by atomic mass is 16.2. The molecule has 4 rings (SSSR count). The van der Waals surface area contributed by atoms with E-state index in [1.165, 1.54) is 18.3 Å². The van der Waals surface area contributed by atoms with E-state index in [4.69, 9.17) is 0 Å². The lowest BCUT2D eigenvalue weighted by Crippen LogP contribution is -2.50. The minimum atomic E-state index is -0.723. The molecule has 11 nitrogen and oxygen atoms in total. The summed E-state index contributed by atoms with van der Waals surface area (Å²) in [5, 5.41) is 0. The number of hydrogen-bond donors (Lipinski definition) is 1. The van der Waals surface area contributed by atoms with E-state index in [-0.39, 0.29) is 24.3 Å². The first-order chi connectivity index (χ1) is 13.0. The number of H-pyrrole nitrogens is 1. The van der Waals surface area contributed by atoms with Gasteiger partial charge in [0.1, 0.15) is 17.9 Å². The second-order valence-corrected chi connectivity index (χ2v) is 6.68. The summed E-state index contributed by atoms with van der Waals surface area (Å²) < 4.78 is 0. The molecule has 0 bridgehead atoms. The largest absolute Gasteiger partial charge is 0.351 e. The Kier molecular flexibility index (Phi) is 4.13. The van der Waals surface area contributed by atoms with Crippen molar-refractivity contribution >= 4 is 34.8 Å². The number of amides is 4. The highest BCUT2D eigenvalue weighted by Gasteiger charge is 2.42. The fourth-order valence-corrected chi connectivity index (χ4v) is 3.53. The van der Waals surface area contributed by atoms with Crippen molar-refractivity contribution in [2.24, 2.45) is 0 Å². The van der Waals surface area contributed by atoms with E-state index in [9.17, 15) is 14.4 Å². The molecule has 2 fully saturated rings. The lowest BCUT2D eigenvalue weighted by molar-refractivity contribution is -0.136. The fraction of sp³-hybridized carbons (Fsp3) is 0.500. The molecule has 2 saturated heterocycles. The number of likely N-dealkylation sites (N-methyl/N-ethyl adjacent to an activating group) is 2. The van der Waals surface area contributed by atoms with Gasteiger partial charge in [-0.15, -0.1) is 0 Å². The molecule has 2 aromatic rings. The van der Waals surface area contributed by atoms with Crippen LogP contribution in [-0.4, -0.2) is 98.8 Å². The molecule has 1 N–H and O–H groups in total. The van der Waals surface area contributed by atoms with Gasteiger partial charge in [-0.05, 0) is 0 Å². The molecule has 0 radical (unpaired) electrons. The maximum Gasteiger partial charge on any atom is 0.326 e. The van der Waals surface area contributed by atoms with Crippen LogP contribution in [-0.2, 0) is 9.59 Å². The summed E-state index contributed by atoms with van der Waals surface area (Å²) >= 11 is 0. The molecule has 0 unspecified atom stereocenters. The molecule has 0 saturated carbocycles. The van der Waals surface area contributed by atoms with Crippen molar-refractivity contribution in [3.8, 4) is 0 Å². The standard InChI is InChI=1S/C16H20N8O3/c1-21-10(15(26)22(2)16(21)27)7-11(25)23-3-5-24(6-4-23)14-12-13(18-8-17-12)19-9-20-14/h8-10H,3-7H2,1-2H3,(H,17,18,19,20)/t10-/m0/s1. The number of anilines is 1. The number of nitrogens with one attached hydrogen (secondary N) is 1. The van der Waals surface area contributed by atoms with E-state index >= 15 is 0 Å². The van der Waals surface area contributed by atoms with Crippen LogP contribution < -0.4 is 4.90 Å². The quantitative estimate of drug-likeness (QED) is 0.707. The number of aromatic nitrogens is 4. The van der Waals surface area contributed by atoms with Gasteiger partial charge in [0, 0.05) is 40.3 Å². The highest BCUT2D eigenvalue weighted by Crippen LogP contribution is 2.22. The zero-order valence-corrected chi connectivity index (χ0v) is 15.1. The van der Waals surface area contributed by atoms with E-state index in [1.54, 1.807) is 18.3 Å². The maximum absolute atomic E-state index is 12.6. The molecule has 2 aromatic heterocycles. The zero-order valence-electron chi connectivity index (χ0n) is 15.1. The van der Waals surface area contributed by atoms with Crippen molar-refractivity contribution in [1.29, 1.82) is 0 Å². The molecular weight excluding hydrogens is 352 g/mol. The predicted octanol–water partition coefficient (Wildman–Crippen LogP) is -0.716. The third kappa shape index (κ3) is 2.84. The Bertz CT molecular complexity index is 904. The number of nitrogens with zero attached hydrogens (tertiary/aromatic N) is 7. The number of rotatable bonds is 3. The second kappa shape index (κ2) is 6.49. The van der Waals surface area contributed by atoms with Gasteiger partial charge in [-0.2, -0.15) is 0 Å². The number of fused-ring (bicyclic) bond motifs is 1. The smallest absolute Gasteiger partial charge is 0.326 e. The van der Waals surface area contributed by atoms with E-state index in [0.717, 1.165) is 16.2 Å². The molecule has 142 valence electrons. The van der Waals surface area contributed by atoms with Crippen LogP contribution in [0.4, 0.5) is 10.6 Å². The number of piperazine rings is 1. The Labute approximate surface area is 155 Å². The SMILES string of the molecule is CN1C(=O)[C@H](CC(=O)N2CCN(c3ncnc4nc[nH]c34)CC2)N(C)C1=O. The van der Waals surface area contributed by atoms with Crippen molar-refractivity contribution < 1.29 is 14.4 Å². The lowest BCUT2D eigenvalue weighted by atomic mass is 10.1. The second-order valence-electron chi connectivity index (χ2n) is 6.68. The molecule has 0 aromatic carbocycles. The van der Waals surface area contributed by atoms with Crippen LogP contribution in [0.15, 0.2) is 12.7 Å². The predicted molar refractivity (Wildman–Crippen MR) is 94.8 cm³/mol. The van der Waals surface area contributed by atoms with Gasteiger partial charge in [0.25, 0.3) is 5.91 Å². The Hall–Kier alpha value is -3.24. The molecule has 1 atom stereocenters. The van der Waals surface area contributed by atoms with Gasteiger partial charge < -0.3 is 19.7 Å². The molecule has 4 amide bonds. The third-order valence-electron chi connectivity index (χ3n) is 5.17. The first kappa shape index (κ1) is 17.2. The zero-order chi connectivity index (χ0) is 19.1. The van der Waals surface area contributed by atoms with Crippen LogP contribution in [0, 0.1) is 0 Å². The Morgan fingerprint density at radius 2 is 1.89 bits per heavy atom. The van der Waals surface area contributed by atoms with Gasteiger partial charge in [-0.3, -0.25) is 14.5 Å². The number of urea groups is 1. The van der Waals surface area contributed by atoms with Gasteiger partial charge in [-0.25, -0.2) is 19.7 Å². The van der Waals surface area contributed by atoms with E-state index < -0.39 is 6.04 Å². The molecule has 27 heavy (non-hydrogen) atoms. The van der Waals surface area contributed by atoms with Crippen LogP contribution in [0.25, 0.3) is 11.2 Å². The van der Waals surface area contributed by atoms with Crippen molar-refractivity contribution in [2.75, 3.05) is 45.2 Å². The number of imidazole rings is 1. The number of carbonyl (C=O) groups is 3. The van der Waals surface area contributed by atoms with Crippen LogP contribution >= 0.6 is 0 Å². The minimum Gasteiger partial charge on any atom is -0.351 e. The molecule has 11 heteroatoms. The number of carbonyl (C=O) groups excluding carboxylic acids is 3. The van der Waals surface area contributed by atoms with Gasteiger partial charge >= 0.3 is 6.03 Å².